The molecular weight excluding hydrogens is 298 g/mol. The molecule has 0 spiro atoms. The summed E-state index contributed by atoms with van der Waals surface area (Å²) in [6.45, 7) is 3.85. The Labute approximate surface area is 131 Å². The van der Waals surface area contributed by atoms with Gasteiger partial charge in [0.1, 0.15) is 4.88 Å². The molecule has 0 atom stereocenters. The number of hydrogen-bond acceptors (Lipinski definition) is 5. The molecule has 7 heteroatoms. The van der Waals surface area contributed by atoms with Crippen molar-refractivity contribution < 1.29 is 4.79 Å². The van der Waals surface area contributed by atoms with Crippen molar-refractivity contribution in [3.8, 4) is 11.3 Å². The SMILES string of the molecule is CCc1c(NC(=O)c2scnc2C)n[nH]c1-c1ccncc1. The van der Waals surface area contributed by atoms with E-state index in [-0.39, 0.29) is 5.91 Å². The highest BCUT2D eigenvalue weighted by Gasteiger charge is 2.18. The van der Waals surface area contributed by atoms with Gasteiger partial charge in [0.25, 0.3) is 5.91 Å². The molecule has 0 aliphatic rings. The van der Waals surface area contributed by atoms with Crippen molar-refractivity contribution >= 4 is 23.1 Å². The highest BCUT2D eigenvalue weighted by molar-refractivity contribution is 7.12. The van der Waals surface area contributed by atoms with Gasteiger partial charge in [-0.3, -0.25) is 14.9 Å². The number of nitrogens with one attached hydrogen (secondary N) is 2. The topological polar surface area (TPSA) is 83.6 Å². The van der Waals surface area contributed by atoms with Gasteiger partial charge in [-0.05, 0) is 25.5 Å². The maximum Gasteiger partial charge on any atom is 0.268 e. The third-order valence-corrected chi connectivity index (χ3v) is 4.30. The van der Waals surface area contributed by atoms with Crippen molar-refractivity contribution in [3.63, 3.8) is 0 Å². The van der Waals surface area contributed by atoms with Gasteiger partial charge >= 0.3 is 0 Å². The van der Waals surface area contributed by atoms with Crippen molar-refractivity contribution in [3.05, 3.63) is 46.2 Å². The van der Waals surface area contributed by atoms with Gasteiger partial charge in [-0.1, -0.05) is 6.92 Å². The van der Waals surface area contributed by atoms with Gasteiger partial charge in [0.15, 0.2) is 5.82 Å². The van der Waals surface area contributed by atoms with Crippen LogP contribution in [0.1, 0.15) is 27.9 Å². The lowest BCUT2D eigenvalue weighted by molar-refractivity contribution is 0.102. The summed E-state index contributed by atoms with van der Waals surface area (Å²) in [5.41, 5.74) is 5.26. The van der Waals surface area contributed by atoms with Gasteiger partial charge in [-0.15, -0.1) is 11.3 Å². The Morgan fingerprint density at radius 2 is 2.14 bits per heavy atom. The molecule has 3 rings (SSSR count). The minimum Gasteiger partial charge on any atom is -0.304 e. The second-order valence-corrected chi connectivity index (χ2v) is 5.59. The van der Waals surface area contributed by atoms with Crippen LogP contribution in [-0.4, -0.2) is 26.1 Å². The number of H-pyrrole nitrogens is 1. The van der Waals surface area contributed by atoms with Gasteiger partial charge in [0, 0.05) is 23.5 Å². The molecule has 3 aromatic heterocycles. The summed E-state index contributed by atoms with van der Waals surface area (Å²) in [6, 6.07) is 3.82. The highest BCUT2D eigenvalue weighted by atomic mass is 32.1. The summed E-state index contributed by atoms with van der Waals surface area (Å²) in [6.07, 6.45) is 4.22. The van der Waals surface area contributed by atoms with Crippen molar-refractivity contribution in [1.29, 1.82) is 0 Å². The third-order valence-electron chi connectivity index (χ3n) is 3.37. The third kappa shape index (κ3) is 2.62. The average Bonchev–Trinajstić information content (AvgIpc) is 3.14. The zero-order valence-corrected chi connectivity index (χ0v) is 13.1. The first kappa shape index (κ1) is 14.4. The Balaban J connectivity index is 1.91. The molecule has 0 bridgehead atoms. The quantitative estimate of drug-likeness (QED) is 0.775. The molecule has 0 saturated carbocycles. The Morgan fingerprint density at radius 1 is 1.36 bits per heavy atom. The van der Waals surface area contributed by atoms with Crippen molar-refractivity contribution in [2.75, 3.05) is 5.32 Å². The number of carbonyl (C=O) groups excluding carboxylic acids is 1. The number of nitrogens with zero attached hydrogens (tertiary/aromatic N) is 3. The standard InChI is InChI=1S/C15H15N5OS/c1-3-11-12(10-4-6-16-7-5-10)19-20-14(11)18-15(21)13-9(2)17-8-22-13/h4-8H,3H2,1-2H3,(H2,18,19,20,21). The summed E-state index contributed by atoms with van der Waals surface area (Å²) in [5, 5.41) is 10.1. The van der Waals surface area contributed by atoms with E-state index in [1.807, 2.05) is 26.0 Å². The van der Waals surface area contributed by atoms with E-state index in [2.05, 4.69) is 25.5 Å². The van der Waals surface area contributed by atoms with Gasteiger partial charge in [0.05, 0.1) is 16.9 Å². The minimum absolute atomic E-state index is 0.178. The maximum atomic E-state index is 12.3. The first-order valence-corrected chi connectivity index (χ1v) is 7.77. The normalized spacial score (nSPS) is 10.6. The van der Waals surface area contributed by atoms with Crippen molar-refractivity contribution in [2.24, 2.45) is 0 Å². The Bertz CT molecular complexity index is 793. The van der Waals surface area contributed by atoms with E-state index in [0.29, 0.717) is 10.7 Å². The molecular formula is C15H15N5OS. The first-order chi connectivity index (χ1) is 10.7. The van der Waals surface area contributed by atoms with Crippen molar-refractivity contribution in [2.45, 2.75) is 20.3 Å². The summed E-state index contributed by atoms with van der Waals surface area (Å²) in [5.74, 6) is 0.384. The first-order valence-electron chi connectivity index (χ1n) is 6.89. The van der Waals surface area contributed by atoms with Gasteiger partial charge in [-0.25, -0.2) is 4.98 Å². The predicted octanol–water partition coefficient (Wildman–Crippen LogP) is 3.05. The molecule has 2 N–H and O–H groups in total. The second kappa shape index (κ2) is 6.07. The van der Waals surface area contributed by atoms with Crippen LogP contribution in [0.2, 0.25) is 0 Å². The fraction of sp³-hybridized carbons (Fsp3) is 0.200. The number of aromatic nitrogens is 4. The van der Waals surface area contributed by atoms with Crippen LogP contribution >= 0.6 is 11.3 Å². The summed E-state index contributed by atoms with van der Waals surface area (Å²) >= 11 is 1.32. The predicted molar refractivity (Wildman–Crippen MR) is 86.0 cm³/mol. The number of carbonyl (C=O) groups is 1. The van der Waals surface area contributed by atoms with E-state index in [1.165, 1.54) is 11.3 Å². The molecule has 0 radical (unpaired) electrons. The molecule has 6 nitrogen and oxygen atoms in total. The maximum absolute atomic E-state index is 12.3. The average molecular weight is 313 g/mol. The largest absolute Gasteiger partial charge is 0.304 e. The second-order valence-electron chi connectivity index (χ2n) is 4.74. The zero-order valence-electron chi connectivity index (χ0n) is 12.3. The number of hydrogen-bond donors (Lipinski definition) is 2. The van der Waals surface area contributed by atoms with E-state index in [1.54, 1.807) is 17.9 Å². The monoisotopic (exact) mass is 313 g/mol. The zero-order chi connectivity index (χ0) is 15.5. The fourth-order valence-corrected chi connectivity index (χ4v) is 2.95. The van der Waals surface area contributed by atoms with Crippen LogP contribution in [0.3, 0.4) is 0 Å². The molecule has 0 saturated heterocycles. The van der Waals surface area contributed by atoms with E-state index < -0.39 is 0 Å². The smallest absolute Gasteiger partial charge is 0.268 e. The van der Waals surface area contributed by atoms with E-state index in [4.69, 9.17) is 0 Å². The molecule has 22 heavy (non-hydrogen) atoms. The van der Waals surface area contributed by atoms with Crippen LogP contribution in [0.25, 0.3) is 11.3 Å². The molecule has 112 valence electrons. The molecule has 0 aliphatic carbocycles. The lowest BCUT2D eigenvalue weighted by Crippen LogP contribution is -2.13. The van der Waals surface area contributed by atoms with Crippen LogP contribution in [0.15, 0.2) is 30.0 Å². The van der Waals surface area contributed by atoms with Gasteiger partial charge in [-0.2, -0.15) is 5.10 Å². The van der Waals surface area contributed by atoms with Crippen LogP contribution in [-0.2, 0) is 6.42 Å². The molecule has 3 heterocycles. The molecule has 0 aliphatic heterocycles. The van der Waals surface area contributed by atoms with Crippen LogP contribution < -0.4 is 5.32 Å². The Kier molecular flexibility index (Phi) is 3.97. The van der Waals surface area contributed by atoms with Crippen molar-refractivity contribution in [1.82, 2.24) is 20.2 Å². The summed E-state index contributed by atoms with van der Waals surface area (Å²) in [4.78, 5) is 21.0. The fourth-order valence-electron chi connectivity index (χ4n) is 2.25. The number of aromatic amines is 1. The molecule has 0 unspecified atom stereocenters. The Hall–Kier alpha value is -2.54. The lowest BCUT2D eigenvalue weighted by atomic mass is 10.1. The number of aryl methyl sites for hydroxylation is 1. The lowest BCUT2D eigenvalue weighted by Gasteiger charge is -2.05. The number of thiazole rings is 1. The molecule has 0 aromatic carbocycles. The summed E-state index contributed by atoms with van der Waals surface area (Å²) < 4.78 is 0. The van der Waals surface area contributed by atoms with Gasteiger partial charge in [0.2, 0.25) is 0 Å². The van der Waals surface area contributed by atoms with Gasteiger partial charge < -0.3 is 5.32 Å². The number of rotatable bonds is 4. The minimum atomic E-state index is -0.178. The molecule has 1 amide bonds. The summed E-state index contributed by atoms with van der Waals surface area (Å²) in [7, 11) is 0. The Morgan fingerprint density at radius 3 is 2.77 bits per heavy atom. The molecule has 0 fully saturated rings. The van der Waals surface area contributed by atoms with E-state index >= 15 is 0 Å². The number of pyridine rings is 1. The molecule has 3 aromatic rings. The van der Waals surface area contributed by atoms with Crippen LogP contribution in [0, 0.1) is 6.92 Å². The number of anilines is 1. The highest BCUT2D eigenvalue weighted by Crippen LogP contribution is 2.27. The van der Waals surface area contributed by atoms with Crippen LogP contribution in [0.4, 0.5) is 5.82 Å². The van der Waals surface area contributed by atoms with Crippen LogP contribution in [0.5, 0.6) is 0 Å². The van der Waals surface area contributed by atoms with E-state index in [0.717, 1.165) is 28.9 Å². The van der Waals surface area contributed by atoms with E-state index in [9.17, 15) is 4.79 Å². The number of amides is 1.